The molecule has 0 aliphatic rings. The van der Waals surface area contributed by atoms with Gasteiger partial charge >= 0.3 is 0 Å². The zero-order chi connectivity index (χ0) is 7.56. The molecule has 10 heavy (non-hydrogen) atoms. The monoisotopic (exact) mass is 136 g/mol. The molecule has 0 radical (unpaired) electrons. The van der Waals surface area contributed by atoms with E-state index in [-0.39, 0.29) is 0 Å². The Morgan fingerprint density at radius 2 is 2.10 bits per heavy atom. The lowest BCUT2D eigenvalue weighted by molar-refractivity contribution is 1.02. The molecule has 1 aromatic rings. The smallest absolute Gasteiger partial charge is 0.0516 e. The van der Waals surface area contributed by atoms with E-state index in [9.17, 15) is 0 Å². The molecule has 0 fully saturated rings. The first-order chi connectivity index (χ1) is 4.70. The molecule has 0 amide bonds. The molecule has 1 rings (SSSR count). The Bertz CT molecular complexity index is 218. The largest absolute Gasteiger partial charge is 0.314 e. The summed E-state index contributed by atoms with van der Waals surface area (Å²) in [6, 6.07) is 8.06. The number of anilines is 1. The van der Waals surface area contributed by atoms with Crippen LogP contribution in [0.3, 0.4) is 0 Å². The van der Waals surface area contributed by atoms with Crippen molar-refractivity contribution in [2.75, 3.05) is 12.1 Å². The second kappa shape index (κ2) is 2.71. The summed E-state index contributed by atoms with van der Waals surface area (Å²) in [6.45, 7) is 2.05. The Labute approximate surface area is 61.2 Å². The fourth-order valence-electron chi connectivity index (χ4n) is 0.847. The zero-order valence-electron chi connectivity index (χ0n) is 6.33. The summed E-state index contributed by atoms with van der Waals surface area (Å²) in [5.41, 5.74) is 2.27. The molecule has 0 atom stereocenters. The summed E-state index contributed by atoms with van der Waals surface area (Å²) in [7, 11) is 1.83. The van der Waals surface area contributed by atoms with Crippen LogP contribution < -0.4 is 10.9 Å². The molecule has 0 bridgehead atoms. The lowest BCUT2D eigenvalue weighted by Crippen LogP contribution is -2.24. The lowest BCUT2D eigenvalue weighted by Gasteiger charge is -2.11. The Balaban J connectivity index is 2.96. The summed E-state index contributed by atoms with van der Waals surface area (Å²) in [5.74, 6) is 5.52. The van der Waals surface area contributed by atoms with Crippen LogP contribution in [0.2, 0.25) is 0 Å². The average molecular weight is 136 g/mol. The van der Waals surface area contributed by atoms with Crippen molar-refractivity contribution in [3.63, 3.8) is 0 Å². The molecule has 0 aliphatic carbocycles. The first-order valence-electron chi connectivity index (χ1n) is 3.25. The van der Waals surface area contributed by atoms with Gasteiger partial charge in [0.2, 0.25) is 0 Å². The van der Waals surface area contributed by atoms with Gasteiger partial charge in [-0.3, -0.25) is 0 Å². The normalized spacial score (nSPS) is 9.50. The Morgan fingerprint density at radius 1 is 1.40 bits per heavy atom. The molecule has 54 valence electrons. The van der Waals surface area contributed by atoms with Crippen molar-refractivity contribution in [2.45, 2.75) is 6.92 Å². The van der Waals surface area contributed by atoms with Crippen LogP contribution >= 0.6 is 0 Å². The van der Waals surface area contributed by atoms with Gasteiger partial charge in [-0.05, 0) is 24.6 Å². The number of hydrogen-bond donors (Lipinski definition) is 1. The van der Waals surface area contributed by atoms with Gasteiger partial charge in [0.1, 0.15) is 0 Å². The molecule has 0 aliphatic heterocycles. The van der Waals surface area contributed by atoms with Crippen LogP contribution in [0.5, 0.6) is 0 Å². The number of benzene rings is 1. The Kier molecular flexibility index (Phi) is 1.92. The molecule has 0 unspecified atom stereocenters. The molecule has 2 nitrogen and oxygen atoms in total. The third-order valence-corrected chi connectivity index (χ3v) is 1.41. The van der Waals surface area contributed by atoms with Gasteiger partial charge in [0.05, 0.1) is 5.69 Å². The van der Waals surface area contributed by atoms with Crippen molar-refractivity contribution in [3.8, 4) is 0 Å². The third kappa shape index (κ3) is 1.48. The molecule has 0 saturated carbocycles. The fourth-order valence-corrected chi connectivity index (χ4v) is 0.847. The Morgan fingerprint density at radius 3 is 2.50 bits per heavy atom. The topological polar surface area (TPSA) is 29.3 Å². The molecule has 2 heteroatoms. The van der Waals surface area contributed by atoms with E-state index in [0.29, 0.717) is 0 Å². The number of hydrazine groups is 1. The van der Waals surface area contributed by atoms with E-state index in [1.54, 1.807) is 5.01 Å². The molecule has 0 aromatic heterocycles. The first-order valence-corrected chi connectivity index (χ1v) is 3.25. The van der Waals surface area contributed by atoms with Crippen molar-refractivity contribution >= 4 is 5.69 Å². The second-order valence-corrected chi connectivity index (χ2v) is 2.45. The SMILES string of the molecule is Cc1cccc(N(C)N)c1. The van der Waals surface area contributed by atoms with E-state index in [1.165, 1.54) is 5.56 Å². The van der Waals surface area contributed by atoms with Gasteiger partial charge in [-0.1, -0.05) is 12.1 Å². The summed E-state index contributed by atoms with van der Waals surface area (Å²) in [5, 5.41) is 1.60. The quantitative estimate of drug-likeness (QED) is 0.466. The van der Waals surface area contributed by atoms with Crippen LogP contribution in [0.25, 0.3) is 0 Å². The number of aryl methyl sites for hydroxylation is 1. The minimum Gasteiger partial charge on any atom is -0.314 e. The molecule has 2 N–H and O–H groups in total. The number of hydrogen-bond acceptors (Lipinski definition) is 2. The Hall–Kier alpha value is -1.02. The lowest BCUT2D eigenvalue weighted by atomic mass is 10.2. The highest BCUT2D eigenvalue weighted by molar-refractivity contribution is 5.45. The van der Waals surface area contributed by atoms with Crippen LogP contribution in [0.15, 0.2) is 24.3 Å². The standard InChI is InChI=1S/C8H12N2/c1-7-4-3-5-8(6-7)10(2)9/h3-6H,9H2,1-2H3. The summed E-state index contributed by atoms with van der Waals surface area (Å²) >= 11 is 0. The maximum Gasteiger partial charge on any atom is 0.0516 e. The van der Waals surface area contributed by atoms with Crippen LogP contribution in [0, 0.1) is 6.92 Å². The third-order valence-electron chi connectivity index (χ3n) is 1.41. The first kappa shape index (κ1) is 7.09. The summed E-state index contributed by atoms with van der Waals surface area (Å²) in [6.07, 6.45) is 0. The highest BCUT2D eigenvalue weighted by atomic mass is 15.4. The maximum absolute atomic E-state index is 5.52. The van der Waals surface area contributed by atoms with E-state index in [0.717, 1.165) is 5.69 Å². The minimum absolute atomic E-state index is 1.04. The van der Waals surface area contributed by atoms with Gasteiger partial charge in [0.15, 0.2) is 0 Å². The van der Waals surface area contributed by atoms with Gasteiger partial charge in [-0.15, -0.1) is 0 Å². The van der Waals surface area contributed by atoms with E-state index < -0.39 is 0 Å². The van der Waals surface area contributed by atoms with Crippen molar-refractivity contribution in [1.29, 1.82) is 0 Å². The van der Waals surface area contributed by atoms with Gasteiger partial charge in [0, 0.05) is 7.05 Å². The van der Waals surface area contributed by atoms with Crippen molar-refractivity contribution < 1.29 is 0 Å². The predicted molar refractivity (Wildman–Crippen MR) is 43.8 cm³/mol. The second-order valence-electron chi connectivity index (χ2n) is 2.45. The fraction of sp³-hybridized carbons (Fsp3) is 0.250. The minimum atomic E-state index is 1.04. The van der Waals surface area contributed by atoms with Crippen LogP contribution in [0.4, 0.5) is 5.69 Å². The van der Waals surface area contributed by atoms with Crippen molar-refractivity contribution in [2.24, 2.45) is 5.84 Å². The maximum atomic E-state index is 5.52. The van der Waals surface area contributed by atoms with E-state index in [1.807, 2.05) is 38.2 Å². The van der Waals surface area contributed by atoms with Gasteiger partial charge < -0.3 is 5.01 Å². The van der Waals surface area contributed by atoms with Gasteiger partial charge in [-0.2, -0.15) is 0 Å². The number of nitrogens with zero attached hydrogens (tertiary/aromatic N) is 1. The number of nitrogens with two attached hydrogens (primary N) is 1. The van der Waals surface area contributed by atoms with E-state index in [4.69, 9.17) is 5.84 Å². The van der Waals surface area contributed by atoms with E-state index in [2.05, 4.69) is 0 Å². The van der Waals surface area contributed by atoms with Crippen LogP contribution in [-0.2, 0) is 0 Å². The molecule has 1 aromatic carbocycles. The predicted octanol–water partition coefficient (Wildman–Crippen LogP) is 1.30. The van der Waals surface area contributed by atoms with Crippen molar-refractivity contribution in [3.05, 3.63) is 29.8 Å². The van der Waals surface area contributed by atoms with Crippen molar-refractivity contribution in [1.82, 2.24) is 0 Å². The van der Waals surface area contributed by atoms with Gasteiger partial charge in [0.25, 0.3) is 0 Å². The van der Waals surface area contributed by atoms with Crippen LogP contribution in [0.1, 0.15) is 5.56 Å². The molecule has 0 saturated heterocycles. The highest BCUT2D eigenvalue weighted by Crippen LogP contribution is 2.10. The number of rotatable bonds is 1. The van der Waals surface area contributed by atoms with Gasteiger partial charge in [-0.25, -0.2) is 5.84 Å². The summed E-state index contributed by atoms with van der Waals surface area (Å²) < 4.78 is 0. The van der Waals surface area contributed by atoms with Crippen LogP contribution in [-0.4, -0.2) is 7.05 Å². The molecular formula is C8H12N2. The molecule has 0 heterocycles. The molecule has 0 spiro atoms. The average Bonchev–Trinajstić information content (AvgIpc) is 1.88. The van der Waals surface area contributed by atoms with E-state index >= 15 is 0 Å². The highest BCUT2D eigenvalue weighted by Gasteiger charge is 1.92. The molecular weight excluding hydrogens is 124 g/mol. The zero-order valence-corrected chi connectivity index (χ0v) is 6.33. The summed E-state index contributed by atoms with van der Waals surface area (Å²) in [4.78, 5) is 0.